The van der Waals surface area contributed by atoms with Crippen LogP contribution in [0.15, 0.2) is 12.3 Å². The summed E-state index contributed by atoms with van der Waals surface area (Å²) in [6, 6.07) is 1.86. The van der Waals surface area contributed by atoms with Crippen molar-refractivity contribution in [3.8, 4) is 0 Å². The van der Waals surface area contributed by atoms with E-state index in [9.17, 15) is 4.79 Å². The van der Waals surface area contributed by atoms with Crippen LogP contribution >= 0.6 is 22.6 Å². The molecule has 94 valence electrons. The van der Waals surface area contributed by atoms with Crippen molar-refractivity contribution in [2.45, 2.75) is 25.4 Å². The number of H-pyrrole nitrogens is 1. The summed E-state index contributed by atoms with van der Waals surface area (Å²) < 4.78 is 6.68. The maximum atomic E-state index is 12.1. The Morgan fingerprint density at radius 1 is 1.65 bits per heavy atom. The second kappa shape index (κ2) is 5.86. The Labute approximate surface area is 115 Å². The van der Waals surface area contributed by atoms with E-state index in [4.69, 9.17) is 4.74 Å². The lowest BCUT2D eigenvalue weighted by Gasteiger charge is -2.27. The number of halogens is 1. The number of hydrogen-bond donors (Lipinski definition) is 1. The summed E-state index contributed by atoms with van der Waals surface area (Å²) >= 11 is 2.19. The number of nitrogens with zero attached hydrogens (tertiary/aromatic N) is 1. The van der Waals surface area contributed by atoms with E-state index in [0.717, 1.165) is 23.0 Å². The zero-order chi connectivity index (χ0) is 12.3. The second-order valence-electron chi connectivity index (χ2n) is 4.41. The van der Waals surface area contributed by atoms with Crippen LogP contribution in [0.4, 0.5) is 0 Å². The fourth-order valence-electron chi connectivity index (χ4n) is 2.04. The van der Waals surface area contributed by atoms with Crippen molar-refractivity contribution >= 4 is 28.5 Å². The van der Waals surface area contributed by atoms with Crippen LogP contribution in [0, 0.1) is 3.57 Å². The Hall–Kier alpha value is -0.560. The van der Waals surface area contributed by atoms with Crippen molar-refractivity contribution in [1.29, 1.82) is 0 Å². The highest BCUT2D eigenvalue weighted by Gasteiger charge is 2.20. The minimum Gasteiger partial charge on any atom is -0.376 e. The van der Waals surface area contributed by atoms with E-state index in [1.807, 2.05) is 19.3 Å². The van der Waals surface area contributed by atoms with Gasteiger partial charge in [-0.2, -0.15) is 0 Å². The number of hydrogen-bond acceptors (Lipinski definition) is 2. The molecule has 5 heteroatoms. The third-order valence-electron chi connectivity index (χ3n) is 2.98. The number of likely N-dealkylation sites (N-methyl/N-ethyl adjacent to an activating group) is 1. The van der Waals surface area contributed by atoms with Crippen molar-refractivity contribution < 1.29 is 9.53 Å². The molecule has 0 aromatic carbocycles. The molecule has 1 amide bonds. The van der Waals surface area contributed by atoms with Gasteiger partial charge in [0, 0.05) is 30.0 Å². The second-order valence-corrected chi connectivity index (χ2v) is 5.65. The molecular formula is C12H17IN2O2. The van der Waals surface area contributed by atoms with Gasteiger partial charge in [-0.1, -0.05) is 0 Å². The molecule has 0 spiro atoms. The van der Waals surface area contributed by atoms with Gasteiger partial charge in [-0.15, -0.1) is 0 Å². The first kappa shape index (κ1) is 12.9. The van der Waals surface area contributed by atoms with E-state index < -0.39 is 0 Å². The van der Waals surface area contributed by atoms with Crippen molar-refractivity contribution in [3.05, 3.63) is 21.5 Å². The van der Waals surface area contributed by atoms with Crippen LogP contribution in [-0.2, 0) is 4.74 Å². The Bertz CT molecular complexity index is 386. The van der Waals surface area contributed by atoms with Gasteiger partial charge in [0.2, 0.25) is 0 Å². The van der Waals surface area contributed by atoms with E-state index in [2.05, 4.69) is 27.6 Å². The Morgan fingerprint density at radius 3 is 3.06 bits per heavy atom. The van der Waals surface area contributed by atoms with Crippen LogP contribution < -0.4 is 0 Å². The number of nitrogens with one attached hydrogen (secondary N) is 1. The molecular weight excluding hydrogens is 331 g/mol. The first-order chi connectivity index (χ1) is 8.16. The predicted molar refractivity (Wildman–Crippen MR) is 74.1 cm³/mol. The summed E-state index contributed by atoms with van der Waals surface area (Å²) in [6.07, 6.45) is 5.43. The van der Waals surface area contributed by atoms with Crippen molar-refractivity contribution in [2.24, 2.45) is 0 Å². The van der Waals surface area contributed by atoms with Crippen molar-refractivity contribution in [3.63, 3.8) is 0 Å². The zero-order valence-electron chi connectivity index (χ0n) is 9.91. The number of amides is 1. The van der Waals surface area contributed by atoms with Crippen LogP contribution in [0.2, 0.25) is 0 Å². The van der Waals surface area contributed by atoms with Gasteiger partial charge in [-0.3, -0.25) is 4.79 Å². The summed E-state index contributed by atoms with van der Waals surface area (Å²) in [5, 5.41) is 0. The first-order valence-corrected chi connectivity index (χ1v) is 6.95. The molecule has 1 N–H and O–H groups in total. The van der Waals surface area contributed by atoms with Gasteiger partial charge in [0.15, 0.2) is 0 Å². The SMILES string of the molecule is CN(C[C@H]1CCCCO1)C(=O)c1cc(I)c[nH]1. The average molecular weight is 348 g/mol. The zero-order valence-corrected chi connectivity index (χ0v) is 12.1. The lowest BCUT2D eigenvalue weighted by molar-refractivity contribution is -0.000278. The van der Waals surface area contributed by atoms with E-state index in [1.54, 1.807) is 4.90 Å². The molecule has 2 rings (SSSR count). The smallest absolute Gasteiger partial charge is 0.270 e. The third kappa shape index (κ3) is 3.45. The van der Waals surface area contributed by atoms with Gasteiger partial charge in [-0.25, -0.2) is 0 Å². The number of aromatic nitrogens is 1. The number of aromatic amines is 1. The number of carbonyl (C=O) groups is 1. The predicted octanol–water partition coefficient (Wildman–Crippen LogP) is 2.26. The minimum absolute atomic E-state index is 0.0297. The van der Waals surface area contributed by atoms with Crippen molar-refractivity contribution in [2.75, 3.05) is 20.2 Å². The maximum absolute atomic E-state index is 12.1. The van der Waals surface area contributed by atoms with Crippen molar-refractivity contribution in [1.82, 2.24) is 9.88 Å². The lowest BCUT2D eigenvalue weighted by Crippen LogP contribution is -2.37. The van der Waals surface area contributed by atoms with Gasteiger partial charge in [-0.05, 0) is 47.9 Å². The van der Waals surface area contributed by atoms with Gasteiger partial charge in [0.05, 0.1) is 6.10 Å². The molecule has 1 saturated heterocycles. The molecule has 17 heavy (non-hydrogen) atoms. The highest BCUT2D eigenvalue weighted by Crippen LogP contribution is 2.15. The third-order valence-corrected chi connectivity index (χ3v) is 3.60. The molecule has 4 nitrogen and oxygen atoms in total. The van der Waals surface area contributed by atoms with Crippen LogP contribution in [0.5, 0.6) is 0 Å². The number of ether oxygens (including phenoxy) is 1. The fourth-order valence-corrected chi connectivity index (χ4v) is 2.50. The summed E-state index contributed by atoms with van der Waals surface area (Å²) in [5.74, 6) is 0.0297. The molecule has 1 atom stereocenters. The maximum Gasteiger partial charge on any atom is 0.270 e. The molecule has 1 aliphatic heterocycles. The molecule has 1 aliphatic rings. The summed E-state index contributed by atoms with van der Waals surface area (Å²) in [7, 11) is 1.83. The Balaban J connectivity index is 1.90. The van der Waals surface area contributed by atoms with E-state index >= 15 is 0 Å². The van der Waals surface area contributed by atoms with Gasteiger partial charge in [0.25, 0.3) is 5.91 Å². The lowest BCUT2D eigenvalue weighted by atomic mass is 10.1. The fraction of sp³-hybridized carbons (Fsp3) is 0.583. The van der Waals surface area contributed by atoms with E-state index in [1.165, 1.54) is 6.42 Å². The number of rotatable bonds is 3. The van der Waals surface area contributed by atoms with Gasteiger partial charge in [0.1, 0.15) is 5.69 Å². The topological polar surface area (TPSA) is 45.3 Å². The minimum atomic E-state index is 0.0297. The molecule has 0 radical (unpaired) electrons. The Kier molecular flexibility index (Phi) is 4.44. The van der Waals surface area contributed by atoms with Crippen LogP contribution in [0.25, 0.3) is 0 Å². The summed E-state index contributed by atoms with van der Waals surface area (Å²) in [6.45, 7) is 1.50. The van der Waals surface area contributed by atoms with Crippen LogP contribution in [0.1, 0.15) is 29.8 Å². The summed E-state index contributed by atoms with van der Waals surface area (Å²) in [5.41, 5.74) is 0.646. The average Bonchev–Trinajstić information content (AvgIpc) is 2.76. The highest BCUT2D eigenvalue weighted by molar-refractivity contribution is 14.1. The van der Waals surface area contributed by atoms with Crippen LogP contribution in [0.3, 0.4) is 0 Å². The molecule has 0 unspecified atom stereocenters. The monoisotopic (exact) mass is 348 g/mol. The molecule has 0 bridgehead atoms. The van der Waals surface area contributed by atoms with Gasteiger partial charge < -0.3 is 14.6 Å². The standard InChI is InChI=1S/C12H17IN2O2/c1-15(8-10-4-2-3-5-17-10)12(16)11-6-9(13)7-14-11/h6-7,10,14H,2-5,8H2,1H3/t10-/m1/s1. The molecule has 0 aliphatic carbocycles. The molecule has 0 saturated carbocycles. The van der Waals surface area contributed by atoms with E-state index in [0.29, 0.717) is 12.2 Å². The normalized spacial score (nSPS) is 20.2. The molecule has 2 heterocycles. The van der Waals surface area contributed by atoms with Gasteiger partial charge >= 0.3 is 0 Å². The van der Waals surface area contributed by atoms with E-state index in [-0.39, 0.29) is 12.0 Å². The van der Waals surface area contributed by atoms with Crippen LogP contribution in [-0.4, -0.2) is 42.1 Å². The molecule has 1 aromatic rings. The molecule has 1 fully saturated rings. The number of carbonyl (C=O) groups excluding carboxylic acids is 1. The first-order valence-electron chi connectivity index (χ1n) is 5.88. The Morgan fingerprint density at radius 2 is 2.47 bits per heavy atom. The molecule has 1 aromatic heterocycles. The summed E-state index contributed by atoms with van der Waals surface area (Å²) in [4.78, 5) is 16.8. The largest absolute Gasteiger partial charge is 0.376 e. The highest BCUT2D eigenvalue weighted by atomic mass is 127. The quantitative estimate of drug-likeness (QED) is 0.852.